The topological polar surface area (TPSA) is 117 Å². The number of hydrogen-bond acceptors (Lipinski definition) is 5. The Morgan fingerprint density at radius 1 is 1.00 bits per heavy atom. The second kappa shape index (κ2) is 8.34. The molecule has 0 saturated carbocycles. The molecular formula is C21H19N5O3S. The van der Waals surface area contributed by atoms with Gasteiger partial charge >= 0.3 is 6.03 Å². The maximum Gasteiger partial charge on any atom is 0.319 e. The van der Waals surface area contributed by atoms with Crippen LogP contribution in [0.1, 0.15) is 11.1 Å². The number of carbonyl (C=O) groups is 1. The minimum atomic E-state index is -3.52. The number of benzene rings is 2. The Hall–Kier alpha value is -3.72. The van der Waals surface area contributed by atoms with Crippen LogP contribution in [0.5, 0.6) is 0 Å². The van der Waals surface area contributed by atoms with Crippen LogP contribution >= 0.6 is 0 Å². The van der Waals surface area contributed by atoms with Gasteiger partial charge in [0.1, 0.15) is 0 Å². The molecule has 0 fully saturated rings. The van der Waals surface area contributed by atoms with Gasteiger partial charge in [-0.1, -0.05) is 12.1 Å². The van der Waals surface area contributed by atoms with Crippen molar-refractivity contribution in [3.8, 4) is 0 Å². The average Bonchev–Trinajstić information content (AvgIpc) is 3.21. The lowest BCUT2D eigenvalue weighted by Gasteiger charge is -2.09. The van der Waals surface area contributed by atoms with Crippen molar-refractivity contribution >= 4 is 32.5 Å². The quantitative estimate of drug-likeness (QED) is 0.442. The van der Waals surface area contributed by atoms with Gasteiger partial charge in [0.25, 0.3) is 0 Å². The van der Waals surface area contributed by atoms with E-state index in [9.17, 15) is 13.2 Å². The first-order valence-electron chi connectivity index (χ1n) is 9.18. The van der Waals surface area contributed by atoms with Gasteiger partial charge in [0.2, 0.25) is 0 Å². The first-order chi connectivity index (χ1) is 14.5. The van der Waals surface area contributed by atoms with Gasteiger partial charge in [-0.3, -0.25) is 10.1 Å². The summed E-state index contributed by atoms with van der Waals surface area (Å²) < 4.78 is 25.5. The van der Waals surface area contributed by atoms with Gasteiger partial charge in [-0.25, -0.2) is 13.2 Å². The fraction of sp³-hybridized carbons (Fsp3) is 0.0952. The Bertz CT molecular complexity index is 1270. The van der Waals surface area contributed by atoms with Crippen molar-refractivity contribution in [3.05, 3.63) is 84.3 Å². The maximum atomic E-state index is 12.7. The van der Waals surface area contributed by atoms with Crippen molar-refractivity contribution in [3.63, 3.8) is 0 Å². The molecule has 152 valence electrons. The number of fused-ring (bicyclic) bond motifs is 1. The van der Waals surface area contributed by atoms with Crippen LogP contribution in [0.2, 0.25) is 0 Å². The van der Waals surface area contributed by atoms with E-state index in [-0.39, 0.29) is 16.7 Å². The summed E-state index contributed by atoms with van der Waals surface area (Å²) in [4.78, 5) is 16.2. The van der Waals surface area contributed by atoms with Crippen LogP contribution < -0.4 is 10.6 Å². The molecular weight excluding hydrogens is 402 g/mol. The number of hydrogen-bond donors (Lipinski definition) is 3. The Labute approximate surface area is 173 Å². The summed E-state index contributed by atoms with van der Waals surface area (Å²) >= 11 is 0. The highest BCUT2D eigenvalue weighted by Gasteiger charge is 2.16. The predicted molar refractivity (Wildman–Crippen MR) is 114 cm³/mol. The molecule has 0 aliphatic rings. The first-order valence-corrected chi connectivity index (χ1v) is 10.8. The molecule has 2 amide bonds. The summed E-state index contributed by atoms with van der Waals surface area (Å²) in [6, 6.07) is 14.8. The minimum Gasteiger partial charge on any atom is -0.334 e. The van der Waals surface area contributed by atoms with E-state index in [4.69, 9.17) is 0 Å². The zero-order valence-electron chi connectivity index (χ0n) is 15.9. The number of nitrogens with zero attached hydrogens (tertiary/aromatic N) is 2. The molecule has 0 atom stereocenters. The van der Waals surface area contributed by atoms with Crippen molar-refractivity contribution in [1.82, 2.24) is 20.5 Å². The number of urea groups is 1. The fourth-order valence-electron chi connectivity index (χ4n) is 2.99. The second-order valence-corrected chi connectivity index (χ2v) is 8.73. The molecule has 2 heterocycles. The monoisotopic (exact) mass is 421 g/mol. The maximum absolute atomic E-state index is 12.7. The Kier molecular flexibility index (Phi) is 5.44. The summed E-state index contributed by atoms with van der Waals surface area (Å²) in [7, 11) is -3.52. The molecule has 4 aromatic rings. The second-order valence-electron chi connectivity index (χ2n) is 6.74. The summed E-state index contributed by atoms with van der Waals surface area (Å²) in [6.07, 6.45) is 4.99. The van der Waals surface area contributed by atoms with Gasteiger partial charge in [-0.2, -0.15) is 5.10 Å². The van der Waals surface area contributed by atoms with Crippen LogP contribution in [0.25, 0.3) is 10.9 Å². The van der Waals surface area contributed by atoms with Gasteiger partial charge < -0.3 is 10.6 Å². The van der Waals surface area contributed by atoms with Crippen LogP contribution in [0.4, 0.5) is 10.5 Å². The van der Waals surface area contributed by atoms with Gasteiger partial charge in [-0.05, 0) is 53.6 Å². The van der Waals surface area contributed by atoms with E-state index in [1.54, 1.807) is 48.9 Å². The van der Waals surface area contributed by atoms with Crippen LogP contribution in [0.3, 0.4) is 0 Å². The van der Waals surface area contributed by atoms with Gasteiger partial charge in [0, 0.05) is 30.0 Å². The summed E-state index contributed by atoms with van der Waals surface area (Å²) in [6.45, 7) is 0.340. The van der Waals surface area contributed by atoms with E-state index in [1.807, 2.05) is 12.1 Å². The smallest absolute Gasteiger partial charge is 0.319 e. The number of nitrogens with one attached hydrogen (secondary N) is 3. The standard InChI is InChI=1S/C21H19N5O3S/c27-21(23-12-16-2-1-9-22-11-16)25-18-4-6-19(7-5-18)30(28,29)14-15-3-8-20-17(10-15)13-24-26-20/h1-11,13H,12,14H2,(H,24,26)(H2,23,25,27). The lowest BCUT2D eigenvalue weighted by Crippen LogP contribution is -2.28. The highest BCUT2D eigenvalue weighted by atomic mass is 32.2. The van der Waals surface area contributed by atoms with E-state index >= 15 is 0 Å². The van der Waals surface area contributed by atoms with Crippen molar-refractivity contribution in [2.45, 2.75) is 17.2 Å². The number of H-pyrrole nitrogens is 1. The molecule has 0 aliphatic heterocycles. The summed E-state index contributed by atoms with van der Waals surface area (Å²) in [5, 5.41) is 13.0. The van der Waals surface area contributed by atoms with E-state index in [2.05, 4.69) is 25.8 Å². The molecule has 9 heteroatoms. The SMILES string of the molecule is O=C(NCc1cccnc1)Nc1ccc(S(=O)(=O)Cc2ccc3[nH]ncc3c2)cc1. The molecule has 0 bridgehead atoms. The number of aromatic nitrogens is 3. The number of pyridine rings is 1. The molecule has 4 rings (SSSR count). The highest BCUT2D eigenvalue weighted by molar-refractivity contribution is 7.90. The van der Waals surface area contributed by atoms with E-state index in [0.29, 0.717) is 17.8 Å². The van der Waals surface area contributed by atoms with Crippen LogP contribution in [0.15, 0.2) is 78.1 Å². The van der Waals surface area contributed by atoms with E-state index in [1.165, 1.54) is 12.1 Å². The van der Waals surface area contributed by atoms with Crippen LogP contribution in [0, 0.1) is 0 Å². The summed E-state index contributed by atoms with van der Waals surface area (Å²) in [5.41, 5.74) is 2.91. The predicted octanol–water partition coefficient (Wildman–Crippen LogP) is 3.25. The zero-order chi connectivity index (χ0) is 21.0. The third kappa shape index (κ3) is 4.64. The Morgan fingerprint density at radius 3 is 2.60 bits per heavy atom. The number of rotatable bonds is 6. The third-order valence-electron chi connectivity index (χ3n) is 4.51. The molecule has 0 unspecified atom stereocenters. The van der Waals surface area contributed by atoms with Crippen molar-refractivity contribution in [1.29, 1.82) is 0 Å². The van der Waals surface area contributed by atoms with E-state index in [0.717, 1.165) is 16.5 Å². The molecule has 0 spiro atoms. The number of anilines is 1. The number of aromatic amines is 1. The van der Waals surface area contributed by atoms with Crippen molar-refractivity contribution in [2.75, 3.05) is 5.32 Å². The molecule has 8 nitrogen and oxygen atoms in total. The van der Waals surface area contributed by atoms with Gasteiger partial charge in [0.05, 0.1) is 22.4 Å². The average molecular weight is 421 g/mol. The third-order valence-corrected chi connectivity index (χ3v) is 6.21. The molecule has 2 aromatic heterocycles. The highest BCUT2D eigenvalue weighted by Crippen LogP contribution is 2.21. The fourth-order valence-corrected chi connectivity index (χ4v) is 4.33. The van der Waals surface area contributed by atoms with Gasteiger partial charge in [-0.15, -0.1) is 0 Å². The minimum absolute atomic E-state index is 0.119. The molecule has 2 aromatic carbocycles. The molecule has 0 saturated heterocycles. The molecule has 3 N–H and O–H groups in total. The first kappa shape index (κ1) is 19.6. The Morgan fingerprint density at radius 2 is 1.83 bits per heavy atom. The van der Waals surface area contributed by atoms with E-state index < -0.39 is 9.84 Å². The molecule has 0 aliphatic carbocycles. The zero-order valence-corrected chi connectivity index (χ0v) is 16.7. The van der Waals surface area contributed by atoms with Crippen LogP contribution in [-0.4, -0.2) is 29.6 Å². The summed E-state index contributed by atoms with van der Waals surface area (Å²) in [5.74, 6) is -0.119. The Balaban J connectivity index is 1.38. The largest absolute Gasteiger partial charge is 0.334 e. The molecule has 0 radical (unpaired) electrons. The van der Waals surface area contributed by atoms with Gasteiger partial charge in [0.15, 0.2) is 9.84 Å². The molecule has 30 heavy (non-hydrogen) atoms. The number of carbonyl (C=O) groups excluding carboxylic acids is 1. The van der Waals surface area contributed by atoms with Crippen LogP contribution in [-0.2, 0) is 22.1 Å². The van der Waals surface area contributed by atoms with Crippen molar-refractivity contribution < 1.29 is 13.2 Å². The van der Waals surface area contributed by atoms with Crippen molar-refractivity contribution in [2.24, 2.45) is 0 Å². The lowest BCUT2D eigenvalue weighted by atomic mass is 10.2. The number of sulfone groups is 1. The number of amides is 2. The lowest BCUT2D eigenvalue weighted by molar-refractivity contribution is 0.251. The normalized spacial score (nSPS) is 11.3.